The Morgan fingerprint density at radius 3 is 2.22 bits per heavy atom. The molecular weight excluding hydrogens is 360 g/mol. The van der Waals surface area contributed by atoms with Crippen LogP contribution in [0.3, 0.4) is 0 Å². The first-order chi connectivity index (χ1) is 12.8. The van der Waals surface area contributed by atoms with Gasteiger partial charge in [-0.3, -0.25) is 0 Å². The molecule has 140 valence electrons. The lowest BCUT2D eigenvalue weighted by Gasteiger charge is -2.33. The lowest BCUT2D eigenvalue weighted by atomic mass is 9.78. The summed E-state index contributed by atoms with van der Waals surface area (Å²) in [4.78, 5) is 0.198. The molecule has 0 fully saturated rings. The van der Waals surface area contributed by atoms with Crippen molar-refractivity contribution in [1.82, 2.24) is 9.19 Å². The van der Waals surface area contributed by atoms with Crippen molar-refractivity contribution in [2.24, 2.45) is 0 Å². The van der Waals surface area contributed by atoms with Gasteiger partial charge in [-0.25, -0.2) is 0 Å². The molecular formula is C21H22N2O3S. The number of aryl methyl sites for hydroxylation is 2. The summed E-state index contributed by atoms with van der Waals surface area (Å²) in [6, 6.07) is 14.4. The summed E-state index contributed by atoms with van der Waals surface area (Å²) in [5, 5.41) is 15.6. The third-order valence-corrected chi connectivity index (χ3v) is 6.94. The molecule has 5 nitrogen and oxygen atoms in total. The van der Waals surface area contributed by atoms with E-state index in [1.54, 1.807) is 24.3 Å². The van der Waals surface area contributed by atoms with Gasteiger partial charge in [-0.05, 0) is 50.8 Å². The molecule has 0 saturated heterocycles. The molecule has 1 unspecified atom stereocenters. The quantitative estimate of drug-likeness (QED) is 0.754. The Balaban J connectivity index is 1.83. The molecule has 4 rings (SSSR count). The van der Waals surface area contributed by atoms with Crippen molar-refractivity contribution in [3.8, 4) is 0 Å². The summed E-state index contributed by atoms with van der Waals surface area (Å²) in [6.07, 6.45) is 3.29. The monoisotopic (exact) mass is 382 g/mol. The summed E-state index contributed by atoms with van der Waals surface area (Å²) in [5.74, 6) is 0. The molecule has 1 atom stereocenters. The molecule has 0 amide bonds. The Morgan fingerprint density at radius 1 is 1.00 bits per heavy atom. The van der Waals surface area contributed by atoms with E-state index in [1.807, 2.05) is 38.1 Å². The van der Waals surface area contributed by atoms with Gasteiger partial charge in [0.25, 0.3) is 10.0 Å². The highest BCUT2D eigenvalue weighted by Gasteiger charge is 2.40. The second-order valence-electron chi connectivity index (χ2n) is 7.25. The van der Waals surface area contributed by atoms with Crippen LogP contribution in [-0.2, 0) is 22.0 Å². The summed E-state index contributed by atoms with van der Waals surface area (Å²) < 4.78 is 27.3. The molecule has 1 aliphatic carbocycles. The predicted octanol–water partition coefficient (Wildman–Crippen LogP) is 3.31. The van der Waals surface area contributed by atoms with Crippen LogP contribution in [0.4, 0.5) is 0 Å². The third-order valence-electron chi connectivity index (χ3n) is 5.31. The van der Waals surface area contributed by atoms with E-state index >= 15 is 0 Å². The molecule has 1 N–H and O–H groups in total. The van der Waals surface area contributed by atoms with Crippen LogP contribution in [0.1, 0.15) is 40.8 Å². The number of rotatable bonds is 3. The van der Waals surface area contributed by atoms with E-state index in [0.29, 0.717) is 30.5 Å². The van der Waals surface area contributed by atoms with Crippen LogP contribution >= 0.6 is 0 Å². The van der Waals surface area contributed by atoms with Crippen molar-refractivity contribution in [3.63, 3.8) is 0 Å². The van der Waals surface area contributed by atoms with E-state index in [4.69, 9.17) is 0 Å². The molecule has 0 spiro atoms. The van der Waals surface area contributed by atoms with E-state index < -0.39 is 15.6 Å². The second kappa shape index (κ2) is 6.32. The summed E-state index contributed by atoms with van der Waals surface area (Å²) >= 11 is 0. The van der Waals surface area contributed by atoms with E-state index in [0.717, 1.165) is 20.8 Å². The molecule has 1 aromatic heterocycles. The van der Waals surface area contributed by atoms with Crippen molar-refractivity contribution in [3.05, 3.63) is 82.7 Å². The maximum atomic E-state index is 13.1. The Hall–Kier alpha value is -2.44. The van der Waals surface area contributed by atoms with Crippen molar-refractivity contribution in [2.75, 3.05) is 0 Å². The topological polar surface area (TPSA) is 72.2 Å². The van der Waals surface area contributed by atoms with Gasteiger partial charge < -0.3 is 5.11 Å². The Bertz CT molecular complexity index is 1080. The van der Waals surface area contributed by atoms with Gasteiger partial charge in [0.05, 0.1) is 16.8 Å². The van der Waals surface area contributed by atoms with Crippen molar-refractivity contribution < 1.29 is 13.5 Å². The zero-order valence-corrected chi connectivity index (χ0v) is 16.2. The molecule has 2 aromatic carbocycles. The van der Waals surface area contributed by atoms with Gasteiger partial charge >= 0.3 is 0 Å². The molecule has 27 heavy (non-hydrogen) atoms. The zero-order chi connectivity index (χ0) is 19.2. The minimum Gasteiger partial charge on any atom is -0.380 e. The third kappa shape index (κ3) is 2.89. The van der Waals surface area contributed by atoms with Gasteiger partial charge in [-0.2, -0.15) is 17.6 Å². The minimum atomic E-state index is -3.80. The van der Waals surface area contributed by atoms with E-state index in [-0.39, 0.29) is 4.90 Å². The van der Waals surface area contributed by atoms with Crippen LogP contribution < -0.4 is 0 Å². The van der Waals surface area contributed by atoms with Crippen LogP contribution in [0.25, 0.3) is 0 Å². The van der Waals surface area contributed by atoms with Gasteiger partial charge in [0, 0.05) is 5.56 Å². The standard InChI is InChI=1S/C21H22N2O3S/c1-15-5-9-17(10-6-15)21(24)13-3-4-20-19(21)14-22-23(20)27(25,26)18-11-7-16(2)8-12-18/h5-12,14,24H,3-4,13H2,1-2H3. The van der Waals surface area contributed by atoms with Gasteiger partial charge in [-0.15, -0.1) is 0 Å². The molecule has 1 aliphatic rings. The number of aromatic nitrogens is 2. The molecule has 0 aliphatic heterocycles. The minimum absolute atomic E-state index is 0.198. The highest BCUT2D eigenvalue weighted by molar-refractivity contribution is 7.89. The smallest absolute Gasteiger partial charge is 0.283 e. The predicted molar refractivity (Wildman–Crippen MR) is 103 cm³/mol. The van der Waals surface area contributed by atoms with Gasteiger partial charge in [0.15, 0.2) is 0 Å². The number of hydrogen-bond acceptors (Lipinski definition) is 4. The van der Waals surface area contributed by atoms with Crippen LogP contribution in [0.2, 0.25) is 0 Å². The zero-order valence-electron chi connectivity index (χ0n) is 15.4. The maximum absolute atomic E-state index is 13.1. The summed E-state index contributed by atoms with van der Waals surface area (Å²) in [5.41, 5.74) is 2.78. The molecule has 3 aromatic rings. The van der Waals surface area contributed by atoms with E-state index in [1.165, 1.54) is 6.20 Å². The number of fused-ring (bicyclic) bond motifs is 1. The van der Waals surface area contributed by atoms with Crippen LogP contribution in [-0.4, -0.2) is 22.7 Å². The van der Waals surface area contributed by atoms with E-state index in [9.17, 15) is 13.5 Å². The largest absolute Gasteiger partial charge is 0.380 e. The molecule has 1 heterocycles. The first-order valence-corrected chi connectivity index (χ1v) is 10.5. The molecule has 0 bridgehead atoms. The van der Waals surface area contributed by atoms with Crippen LogP contribution in [0, 0.1) is 13.8 Å². The summed E-state index contributed by atoms with van der Waals surface area (Å²) in [6.45, 7) is 3.90. The normalized spacial score (nSPS) is 19.7. The van der Waals surface area contributed by atoms with Crippen molar-refractivity contribution in [1.29, 1.82) is 0 Å². The summed E-state index contributed by atoms with van der Waals surface area (Å²) in [7, 11) is -3.80. The Labute approximate surface area is 159 Å². The first kappa shape index (κ1) is 17.9. The average Bonchev–Trinajstić information content (AvgIpc) is 3.09. The lowest BCUT2D eigenvalue weighted by molar-refractivity contribution is 0.0614. The number of hydrogen-bond donors (Lipinski definition) is 1. The number of benzene rings is 2. The lowest BCUT2D eigenvalue weighted by Crippen LogP contribution is -2.32. The number of aliphatic hydroxyl groups is 1. The fraction of sp³-hybridized carbons (Fsp3) is 0.286. The van der Waals surface area contributed by atoms with Gasteiger partial charge in [0.1, 0.15) is 5.60 Å². The fourth-order valence-corrected chi connectivity index (χ4v) is 5.06. The SMILES string of the molecule is Cc1ccc(C2(O)CCCc3c2cnn3S(=O)(=O)c2ccc(C)cc2)cc1. The average molecular weight is 382 g/mol. The molecule has 0 saturated carbocycles. The number of nitrogens with zero attached hydrogens (tertiary/aromatic N) is 2. The van der Waals surface area contributed by atoms with Crippen LogP contribution in [0.15, 0.2) is 59.6 Å². The van der Waals surface area contributed by atoms with Crippen LogP contribution in [0.5, 0.6) is 0 Å². The first-order valence-electron chi connectivity index (χ1n) is 9.01. The van der Waals surface area contributed by atoms with Crippen molar-refractivity contribution >= 4 is 10.0 Å². The Kier molecular flexibility index (Phi) is 4.20. The van der Waals surface area contributed by atoms with Gasteiger partial charge in [-0.1, -0.05) is 47.5 Å². The van der Waals surface area contributed by atoms with Crippen molar-refractivity contribution in [2.45, 2.75) is 43.6 Å². The fourth-order valence-electron chi connectivity index (χ4n) is 3.73. The second-order valence-corrected chi connectivity index (χ2v) is 9.01. The van der Waals surface area contributed by atoms with Gasteiger partial charge in [0.2, 0.25) is 0 Å². The highest BCUT2D eigenvalue weighted by atomic mass is 32.2. The van der Waals surface area contributed by atoms with E-state index in [2.05, 4.69) is 5.10 Å². The Morgan fingerprint density at radius 2 is 1.59 bits per heavy atom. The maximum Gasteiger partial charge on any atom is 0.283 e. The molecule has 6 heteroatoms. The molecule has 0 radical (unpaired) electrons. The highest BCUT2D eigenvalue weighted by Crippen LogP contribution is 2.41.